The van der Waals surface area contributed by atoms with E-state index in [1.807, 2.05) is 0 Å². The number of halogens is 3. The van der Waals surface area contributed by atoms with E-state index in [1.54, 1.807) is 0 Å². The van der Waals surface area contributed by atoms with Crippen molar-refractivity contribution in [1.29, 1.82) is 5.26 Å². The second-order valence-electron chi connectivity index (χ2n) is 2.73. The Morgan fingerprint density at radius 3 is 2.50 bits per heavy atom. The van der Waals surface area contributed by atoms with Crippen molar-refractivity contribution in [1.82, 2.24) is 0 Å². The normalized spacial score (nSPS) is 10.6. The van der Waals surface area contributed by atoms with Crippen LogP contribution in [-0.2, 0) is 0 Å². The number of primary amides is 1. The molecule has 2 N–H and O–H groups in total. The van der Waals surface area contributed by atoms with Crippen LogP contribution in [0.4, 0.5) is 13.2 Å². The van der Waals surface area contributed by atoms with Crippen LogP contribution in [0.3, 0.4) is 0 Å². The molecular weight excluding hydrogens is 225 g/mol. The predicted octanol–water partition coefficient (Wildman–Crippen LogP) is 1.56. The zero-order valence-electron chi connectivity index (χ0n) is 7.71. The Kier molecular flexibility index (Phi) is 3.04. The van der Waals surface area contributed by atoms with Gasteiger partial charge in [0, 0.05) is 5.56 Å². The van der Waals surface area contributed by atoms with Gasteiger partial charge in [0.25, 0.3) is 0 Å². The average Bonchev–Trinajstić information content (AvgIpc) is 2.15. The number of carbonyl (C=O) groups excluding carboxylic acids is 1. The van der Waals surface area contributed by atoms with Gasteiger partial charge in [-0.25, -0.2) is 0 Å². The number of ether oxygens (including phenoxy) is 1. The smallest absolute Gasteiger partial charge is 0.404 e. The quantitative estimate of drug-likeness (QED) is 0.837. The Hall–Kier alpha value is -2.23. The van der Waals surface area contributed by atoms with E-state index in [2.05, 4.69) is 4.74 Å². The van der Waals surface area contributed by atoms with E-state index in [0.29, 0.717) is 0 Å². The molecule has 4 nitrogen and oxygen atoms in total. The maximum Gasteiger partial charge on any atom is 0.573 e. The van der Waals surface area contributed by atoms with Crippen LogP contribution in [-0.4, -0.2) is 12.3 Å². The van der Waals surface area contributed by atoms with Gasteiger partial charge in [0.05, 0.1) is 5.56 Å². The Balaban J connectivity index is 3.19. The van der Waals surface area contributed by atoms with Crippen molar-refractivity contribution in [3.8, 4) is 11.8 Å². The third-order valence-corrected chi connectivity index (χ3v) is 1.61. The molecule has 0 heterocycles. The molecule has 0 spiro atoms. The van der Waals surface area contributed by atoms with Gasteiger partial charge in [-0.1, -0.05) is 0 Å². The molecule has 1 aromatic rings. The SMILES string of the molecule is N#Cc1ccc(C(N)=O)cc1OC(F)(F)F. The molecule has 0 aliphatic heterocycles. The van der Waals surface area contributed by atoms with Crippen molar-refractivity contribution in [3.05, 3.63) is 29.3 Å². The molecule has 0 atom stereocenters. The summed E-state index contributed by atoms with van der Waals surface area (Å²) in [4.78, 5) is 10.7. The second-order valence-corrected chi connectivity index (χ2v) is 2.73. The Bertz CT molecular complexity index is 463. The van der Waals surface area contributed by atoms with Crippen LogP contribution in [0.2, 0.25) is 0 Å². The minimum Gasteiger partial charge on any atom is -0.404 e. The fourth-order valence-electron chi connectivity index (χ4n) is 0.977. The molecule has 7 heteroatoms. The van der Waals surface area contributed by atoms with Crippen molar-refractivity contribution in [2.75, 3.05) is 0 Å². The lowest BCUT2D eigenvalue weighted by Gasteiger charge is -2.10. The molecule has 0 aromatic heterocycles. The molecule has 0 bridgehead atoms. The van der Waals surface area contributed by atoms with Gasteiger partial charge in [0.1, 0.15) is 11.8 Å². The highest BCUT2D eigenvalue weighted by Crippen LogP contribution is 2.26. The number of nitrogens with zero attached hydrogens (tertiary/aromatic N) is 1. The summed E-state index contributed by atoms with van der Waals surface area (Å²) in [6.07, 6.45) is -4.93. The predicted molar refractivity (Wildman–Crippen MR) is 46.4 cm³/mol. The summed E-state index contributed by atoms with van der Waals surface area (Å²) in [5.41, 5.74) is 4.38. The maximum atomic E-state index is 11.9. The van der Waals surface area contributed by atoms with Crippen molar-refractivity contribution in [3.63, 3.8) is 0 Å². The number of rotatable bonds is 2. The van der Waals surface area contributed by atoms with E-state index in [9.17, 15) is 18.0 Å². The fourth-order valence-corrected chi connectivity index (χ4v) is 0.977. The molecule has 0 saturated carbocycles. The van der Waals surface area contributed by atoms with E-state index in [1.165, 1.54) is 6.07 Å². The zero-order chi connectivity index (χ0) is 12.3. The van der Waals surface area contributed by atoms with Crippen LogP contribution in [0.15, 0.2) is 18.2 Å². The third-order valence-electron chi connectivity index (χ3n) is 1.61. The minimum atomic E-state index is -4.93. The van der Waals surface area contributed by atoms with Crippen molar-refractivity contribution >= 4 is 5.91 Å². The number of hydrogen-bond donors (Lipinski definition) is 1. The van der Waals surface area contributed by atoms with Crippen LogP contribution in [0, 0.1) is 11.3 Å². The summed E-state index contributed by atoms with van der Waals surface area (Å²) in [6.45, 7) is 0. The third kappa shape index (κ3) is 2.88. The molecule has 1 aromatic carbocycles. The fraction of sp³-hybridized carbons (Fsp3) is 0.111. The number of nitriles is 1. The van der Waals surface area contributed by atoms with Crippen LogP contribution in [0.5, 0.6) is 5.75 Å². The van der Waals surface area contributed by atoms with Crippen LogP contribution < -0.4 is 10.5 Å². The molecule has 1 amide bonds. The Morgan fingerprint density at radius 2 is 2.06 bits per heavy atom. The van der Waals surface area contributed by atoms with Gasteiger partial charge in [-0.3, -0.25) is 4.79 Å². The van der Waals surface area contributed by atoms with E-state index >= 15 is 0 Å². The van der Waals surface area contributed by atoms with Gasteiger partial charge in [-0.2, -0.15) is 5.26 Å². The maximum absolute atomic E-state index is 11.9. The summed E-state index contributed by atoms with van der Waals surface area (Å²) < 4.78 is 39.4. The van der Waals surface area contributed by atoms with Gasteiger partial charge < -0.3 is 10.5 Å². The van der Waals surface area contributed by atoms with Crippen LogP contribution >= 0.6 is 0 Å². The van der Waals surface area contributed by atoms with E-state index < -0.39 is 18.0 Å². The van der Waals surface area contributed by atoms with Gasteiger partial charge in [-0.05, 0) is 18.2 Å². The van der Waals surface area contributed by atoms with Crippen molar-refractivity contribution in [2.45, 2.75) is 6.36 Å². The zero-order valence-corrected chi connectivity index (χ0v) is 7.71. The van der Waals surface area contributed by atoms with Gasteiger partial charge in [0.2, 0.25) is 5.91 Å². The standard InChI is InChI=1S/C9H5F3N2O2/c10-9(11,12)16-7-3-5(8(14)15)1-2-6(7)4-13/h1-3H,(H2,14,15). The lowest BCUT2D eigenvalue weighted by Crippen LogP contribution is -2.19. The number of amides is 1. The van der Waals surface area contributed by atoms with Crippen molar-refractivity contribution in [2.24, 2.45) is 5.73 Å². The minimum absolute atomic E-state index is 0.168. The first-order valence-electron chi connectivity index (χ1n) is 3.93. The van der Waals surface area contributed by atoms with Crippen LogP contribution in [0.1, 0.15) is 15.9 Å². The molecule has 84 valence electrons. The van der Waals surface area contributed by atoms with Gasteiger partial charge in [-0.15, -0.1) is 13.2 Å². The highest BCUT2D eigenvalue weighted by molar-refractivity contribution is 5.93. The molecule has 0 aliphatic carbocycles. The number of carbonyl (C=O) groups is 1. The largest absolute Gasteiger partial charge is 0.573 e. The highest BCUT2D eigenvalue weighted by atomic mass is 19.4. The van der Waals surface area contributed by atoms with Gasteiger partial charge in [0.15, 0.2) is 0 Å². The number of alkyl halides is 3. The topological polar surface area (TPSA) is 76.1 Å². The molecule has 1 rings (SSSR count). The Morgan fingerprint density at radius 1 is 1.44 bits per heavy atom. The van der Waals surface area contributed by atoms with E-state index in [0.717, 1.165) is 18.2 Å². The molecule has 0 aliphatic rings. The molecule has 16 heavy (non-hydrogen) atoms. The Labute approximate surface area is 88.0 Å². The first kappa shape index (κ1) is 11.8. The molecule has 0 radical (unpaired) electrons. The molecule has 0 saturated heterocycles. The number of benzene rings is 1. The average molecular weight is 230 g/mol. The summed E-state index contributed by atoms with van der Waals surface area (Å²) >= 11 is 0. The van der Waals surface area contributed by atoms with Crippen molar-refractivity contribution < 1.29 is 22.7 Å². The summed E-state index contributed by atoms with van der Waals surface area (Å²) in [5.74, 6) is -1.65. The first-order chi connectivity index (χ1) is 7.33. The van der Waals surface area contributed by atoms with Gasteiger partial charge >= 0.3 is 6.36 Å². The van der Waals surface area contributed by atoms with E-state index in [-0.39, 0.29) is 11.1 Å². The molecule has 0 unspecified atom stereocenters. The second kappa shape index (κ2) is 4.10. The number of nitrogens with two attached hydrogens (primary N) is 1. The molecular formula is C9H5F3N2O2. The first-order valence-corrected chi connectivity index (χ1v) is 3.93. The number of hydrogen-bond acceptors (Lipinski definition) is 3. The van der Waals surface area contributed by atoms with E-state index in [4.69, 9.17) is 11.0 Å². The summed E-state index contributed by atoms with van der Waals surface area (Å²) in [5, 5.41) is 8.53. The van der Waals surface area contributed by atoms with Crippen LogP contribution in [0.25, 0.3) is 0 Å². The summed E-state index contributed by atoms with van der Waals surface area (Å²) in [7, 11) is 0. The lowest BCUT2D eigenvalue weighted by atomic mass is 10.1. The molecule has 0 fully saturated rings. The lowest BCUT2D eigenvalue weighted by molar-refractivity contribution is -0.274. The summed E-state index contributed by atoms with van der Waals surface area (Å²) in [6, 6.07) is 4.45. The monoisotopic (exact) mass is 230 g/mol. The highest BCUT2D eigenvalue weighted by Gasteiger charge is 2.32.